The first-order valence-corrected chi connectivity index (χ1v) is 4.91. The molecule has 0 saturated carbocycles. The summed E-state index contributed by atoms with van der Waals surface area (Å²) >= 11 is 0. The predicted molar refractivity (Wildman–Crippen MR) is 46.7 cm³/mol. The Morgan fingerprint density at radius 2 is 2.09 bits per heavy atom. The van der Waals surface area contributed by atoms with Gasteiger partial charge in [-0.05, 0) is 38.9 Å². The van der Waals surface area contributed by atoms with Crippen LogP contribution in [0.25, 0.3) is 0 Å². The number of nitrogens with zero attached hydrogens (tertiary/aromatic N) is 1. The van der Waals surface area contributed by atoms with Crippen LogP contribution in [0, 0.1) is 0 Å². The SMILES string of the molecule is C1CC[C@@H](CN2CCC2)NC1. The van der Waals surface area contributed by atoms with E-state index >= 15 is 0 Å². The number of hydrogen-bond acceptors (Lipinski definition) is 2. The molecule has 0 radical (unpaired) electrons. The number of likely N-dealkylation sites (tertiary alicyclic amines) is 1. The second-order valence-electron chi connectivity index (χ2n) is 3.80. The van der Waals surface area contributed by atoms with Crippen molar-refractivity contribution in [3.8, 4) is 0 Å². The smallest absolute Gasteiger partial charge is 0.0195 e. The molecular formula is C9H18N2. The standard InChI is InChI=1S/C9H18N2/c1-2-5-10-9(4-1)8-11-6-3-7-11/h9-10H,1-8H2/t9-/m0/s1. The van der Waals surface area contributed by atoms with E-state index in [2.05, 4.69) is 10.2 Å². The van der Waals surface area contributed by atoms with Crippen molar-refractivity contribution < 1.29 is 0 Å². The number of nitrogens with one attached hydrogen (secondary N) is 1. The van der Waals surface area contributed by atoms with Crippen LogP contribution in [-0.4, -0.2) is 37.1 Å². The van der Waals surface area contributed by atoms with Crippen LogP contribution in [0.5, 0.6) is 0 Å². The fraction of sp³-hybridized carbons (Fsp3) is 1.00. The summed E-state index contributed by atoms with van der Waals surface area (Å²) in [5.74, 6) is 0. The maximum Gasteiger partial charge on any atom is 0.0195 e. The Bertz CT molecular complexity index is 115. The molecule has 11 heavy (non-hydrogen) atoms. The van der Waals surface area contributed by atoms with E-state index in [1.165, 1.54) is 51.9 Å². The largest absolute Gasteiger partial charge is 0.313 e. The molecule has 1 N–H and O–H groups in total. The van der Waals surface area contributed by atoms with Gasteiger partial charge in [0.05, 0.1) is 0 Å². The van der Waals surface area contributed by atoms with Gasteiger partial charge in [-0.15, -0.1) is 0 Å². The fourth-order valence-corrected chi connectivity index (χ4v) is 1.96. The van der Waals surface area contributed by atoms with Crippen molar-refractivity contribution in [3.05, 3.63) is 0 Å². The Balaban J connectivity index is 1.67. The first kappa shape index (κ1) is 7.56. The average molecular weight is 154 g/mol. The van der Waals surface area contributed by atoms with Gasteiger partial charge in [-0.2, -0.15) is 0 Å². The van der Waals surface area contributed by atoms with Crippen molar-refractivity contribution in [3.63, 3.8) is 0 Å². The lowest BCUT2D eigenvalue weighted by molar-refractivity contribution is 0.152. The lowest BCUT2D eigenvalue weighted by Gasteiger charge is -2.35. The zero-order chi connectivity index (χ0) is 7.52. The van der Waals surface area contributed by atoms with E-state index in [9.17, 15) is 0 Å². The van der Waals surface area contributed by atoms with Crippen LogP contribution in [0.2, 0.25) is 0 Å². The molecule has 0 amide bonds. The monoisotopic (exact) mass is 154 g/mol. The highest BCUT2D eigenvalue weighted by molar-refractivity contribution is 4.79. The number of rotatable bonds is 2. The van der Waals surface area contributed by atoms with Crippen LogP contribution in [0.15, 0.2) is 0 Å². The third-order valence-corrected chi connectivity index (χ3v) is 2.84. The van der Waals surface area contributed by atoms with Gasteiger partial charge in [-0.25, -0.2) is 0 Å². The predicted octanol–water partition coefficient (Wildman–Crippen LogP) is 0.834. The van der Waals surface area contributed by atoms with Gasteiger partial charge in [0.15, 0.2) is 0 Å². The molecule has 0 aromatic heterocycles. The minimum Gasteiger partial charge on any atom is -0.313 e. The minimum atomic E-state index is 0.809. The normalized spacial score (nSPS) is 33.3. The average Bonchev–Trinajstić information content (AvgIpc) is 1.99. The van der Waals surface area contributed by atoms with Gasteiger partial charge in [-0.1, -0.05) is 6.42 Å². The van der Waals surface area contributed by atoms with E-state index < -0.39 is 0 Å². The van der Waals surface area contributed by atoms with E-state index in [0.717, 1.165) is 6.04 Å². The summed E-state index contributed by atoms with van der Waals surface area (Å²) in [5.41, 5.74) is 0. The van der Waals surface area contributed by atoms with Gasteiger partial charge in [-0.3, -0.25) is 0 Å². The van der Waals surface area contributed by atoms with Gasteiger partial charge < -0.3 is 10.2 Å². The summed E-state index contributed by atoms with van der Waals surface area (Å²) < 4.78 is 0. The molecule has 2 nitrogen and oxygen atoms in total. The second kappa shape index (κ2) is 3.55. The third-order valence-electron chi connectivity index (χ3n) is 2.84. The molecule has 2 aliphatic heterocycles. The Labute approximate surface area is 69.0 Å². The summed E-state index contributed by atoms with van der Waals surface area (Å²) in [6, 6.07) is 0.809. The van der Waals surface area contributed by atoms with E-state index in [1.807, 2.05) is 0 Å². The van der Waals surface area contributed by atoms with Crippen molar-refractivity contribution in [2.75, 3.05) is 26.2 Å². The zero-order valence-electron chi connectivity index (χ0n) is 7.18. The molecule has 0 aromatic carbocycles. The summed E-state index contributed by atoms with van der Waals surface area (Å²) in [5, 5.41) is 3.58. The van der Waals surface area contributed by atoms with Crippen LogP contribution in [-0.2, 0) is 0 Å². The van der Waals surface area contributed by atoms with Crippen LogP contribution in [0.4, 0.5) is 0 Å². The fourth-order valence-electron chi connectivity index (χ4n) is 1.96. The van der Waals surface area contributed by atoms with Crippen molar-refractivity contribution >= 4 is 0 Å². The molecule has 2 saturated heterocycles. The highest BCUT2D eigenvalue weighted by Crippen LogP contribution is 2.12. The Kier molecular flexibility index (Phi) is 2.44. The van der Waals surface area contributed by atoms with Gasteiger partial charge in [0, 0.05) is 12.6 Å². The molecule has 0 aliphatic carbocycles. The van der Waals surface area contributed by atoms with E-state index in [-0.39, 0.29) is 0 Å². The number of hydrogen-bond donors (Lipinski definition) is 1. The van der Waals surface area contributed by atoms with Crippen LogP contribution in [0.1, 0.15) is 25.7 Å². The molecule has 0 spiro atoms. The Hall–Kier alpha value is -0.0800. The van der Waals surface area contributed by atoms with E-state index in [1.54, 1.807) is 0 Å². The molecular weight excluding hydrogens is 136 g/mol. The molecule has 2 rings (SSSR count). The van der Waals surface area contributed by atoms with Gasteiger partial charge in [0.2, 0.25) is 0 Å². The summed E-state index contributed by atoms with van der Waals surface area (Å²) in [6.45, 7) is 5.24. The summed E-state index contributed by atoms with van der Waals surface area (Å²) in [4.78, 5) is 2.56. The first-order chi connectivity index (χ1) is 5.45. The zero-order valence-corrected chi connectivity index (χ0v) is 7.18. The van der Waals surface area contributed by atoms with Crippen molar-refractivity contribution in [1.82, 2.24) is 10.2 Å². The molecule has 2 aliphatic rings. The van der Waals surface area contributed by atoms with Crippen molar-refractivity contribution in [2.45, 2.75) is 31.7 Å². The highest BCUT2D eigenvalue weighted by Gasteiger charge is 2.19. The first-order valence-electron chi connectivity index (χ1n) is 4.91. The van der Waals surface area contributed by atoms with Gasteiger partial charge in [0.25, 0.3) is 0 Å². The van der Waals surface area contributed by atoms with Gasteiger partial charge >= 0.3 is 0 Å². The van der Waals surface area contributed by atoms with Crippen molar-refractivity contribution in [2.24, 2.45) is 0 Å². The van der Waals surface area contributed by atoms with E-state index in [4.69, 9.17) is 0 Å². The number of piperidine rings is 1. The van der Waals surface area contributed by atoms with Crippen LogP contribution < -0.4 is 5.32 Å². The third kappa shape index (κ3) is 1.94. The second-order valence-corrected chi connectivity index (χ2v) is 3.80. The molecule has 0 bridgehead atoms. The molecule has 0 aromatic rings. The summed E-state index contributed by atoms with van der Waals surface area (Å²) in [7, 11) is 0. The molecule has 1 atom stereocenters. The highest BCUT2D eigenvalue weighted by atomic mass is 15.2. The Morgan fingerprint density at radius 1 is 1.18 bits per heavy atom. The van der Waals surface area contributed by atoms with Crippen LogP contribution >= 0.6 is 0 Å². The van der Waals surface area contributed by atoms with Gasteiger partial charge in [0.1, 0.15) is 0 Å². The molecule has 64 valence electrons. The molecule has 0 unspecified atom stereocenters. The van der Waals surface area contributed by atoms with Crippen molar-refractivity contribution in [1.29, 1.82) is 0 Å². The lowest BCUT2D eigenvalue weighted by Crippen LogP contribution is -2.48. The summed E-state index contributed by atoms with van der Waals surface area (Å²) in [6.07, 6.45) is 5.64. The maximum atomic E-state index is 3.58. The molecule has 2 fully saturated rings. The van der Waals surface area contributed by atoms with E-state index in [0.29, 0.717) is 0 Å². The minimum absolute atomic E-state index is 0.809. The lowest BCUT2D eigenvalue weighted by atomic mass is 10.0. The maximum absolute atomic E-state index is 3.58. The molecule has 2 heteroatoms. The Morgan fingerprint density at radius 3 is 2.64 bits per heavy atom. The van der Waals surface area contributed by atoms with Crippen LogP contribution in [0.3, 0.4) is 0 Å². The quantitative estimate of drug-likeness (QED) is 0.634. The molecule has 2 heterocycles. The topological polar surface area (TPSA) is 15.3 Å².